The van der Waals surface area contributed by atoms with E-state index in [2.05, 4.69) is 0 Å². The predicted octanol–water partition coefficient (Wildman–Crippen LogP) is 3.57. The van der Waals surface area contributed by atoms with Crippen LogP contribution >= 0.6 is 11.6 Å². The molecule has 9 heteroatoms. The summed E-state index contributed by atoms with van der Waals surface area (Å²) >= 11 is 6.07. The van der Waals surface area contributed by atoms with Crippen LogP contribution in [0.3, 0.4) is 0 Å². The smallest absolute Gasteiger partial charge is 0.340 e. The van der Waals surface area contributed by atoms with Crippen LogP contribution in [0.2, 0.25) is 5.02 Å². The van der Waals surface area contributed by atoms with E-state index in [1.54, 1.807) is 4.90 Å². The lowest BCUT2D eigenvalue weighted by Gasteiger charge is -2.35. The summed E-state index contributed by atoms with van der Waals surface area (Å²) in [5, 5.41) is 0.0344. The SMILES string of the molecule is CN(C)S(=O)(=O)c1ccc(Cl)c(C(=O)OCC(=O)N(Cc2ccccc2)C(C)(C)C)c1. The molecule has 2 aromatic carbocycles. The maximum atomic E-state index is 12.8. The van der Waals surface area contributed by atoms with Crippen molar-refractivity contribution in [3.63, 3.8) is 0 Å². The minimum absolute atomic E-state index is 0.0344. The van der Waals surface area contributed by atoms with Crippen LogP contribution in [0, 0.1) is 0 Å². The first-order chi connectivity index (χ1) is 14.3. The van der Waals surface area contributed by atoms with Gasteiger partial charge in [-0.15, -0.1) is 0 Å². The van der Waals surface area contributed by atoms with Gasteiger partial charge in [-0.1, -0.05) is 41.9 Å². The fraction of sp³-hybridized carbons (Fsp3) is 0.364. The lowest BCUT2D eigenvalue weighted by molar-refractivity contribution is -0.140. The number of carbonyl (C=O) groups excluding carboxylic acids is 2. The summed E-state index contributed by atoms with van der Waals surface area (Å²) in [5.41, 5.74) is 0.320. The Bertz CT molecular complexity index is 1050. The number of halogens is 1. The quantitative estimate of drug-likeness (QED) is 0.582. The van der Waals surface area contributed by atoms with Crippen molar-refractivity contribution in [2.24, 2.45) is 0 Å². The van der Waals surface area contributed by atoms with Crippen LogP contribution in [-0.4, -0.2) is 55.7 Å². The zero-order valence-corrected chi connectivity index (χ0v) is 19.8. The van der Waals surface area contributed by atoms with Crippen molar-refractivity contribution in [1.29, 1.82) is 0 Å². The highest BCUT2D eigenvalue weighted by molar-refractivity contribution is 7.89. The van der Waals surface area contributed by atoms with E-state index >= 15 is 0 Å². The number of nitrogens with zero attached hydrogens (tertiary/aromatic N) is 2. The van der Waals surface area contributed by atoms with E-state index in [1.807, 2.05) is 51.1 Å². The molecule has 0 heterocycles. The molecule has 0 aromatic heterocycles. The molecule has 0 bridgehead atoms. The van der Waals surface area contributed by atoms with Crippen molar-refractivity contribution in [1.82, 2.24) is 9.21 Å². The van der Waals surface area contributed by atoms with E-state index in [1.165, 1.54) is 26.2 Å². The molecule has 0 saturated carbocycles. The molecule has 168 valence electrons. The number of hydrogen-bond donors (Lipinski definition) is 0. The van der Waals surface area contributed by atoms with Gasteiger partial charge < -0.3 is 9.64 Å². The summed E-state index contributed by atoms with van der Waals surface area (Å²) in [6, 6.07) is 13.3. The molecular formula is C22H27ClN2O5S. The molecule has 2 rings (SSSR count). The Morgan fingerprint density at radius 1 is 1.03 bits per heavy atom. The molecular weight excluding hydrogens is 440 g/mol. The number of sulfonamides is 1. The Balaban J connectivity index is 2.17. The van der Waals surface area contributed by atoms with Gasteiger partial charge in [0.2, 0.25) is 10.0 Å². The zero-order chi connectivity index (χ0) is 23.4. The van der Waals surface area contributed by atoms with Crippen LogP contribution in [0.5, 0.6) is 0 Å². The van der Waals surface area contributed by atoms with Gasteiger partial charge in [-0.3, -0.25) is 4.79 Å². The van der Waals surface area contributed by atoms with Crippen molar-refractivity contribution >= 4 is 33.5 Å². The average molecular weight is 467 g/mol. The van der Waals surface area contributed by atoms with Crippen molar-refractivity contribution in [3.8, 4) is 0 Å². The van der Waals surface area contributed by atoms with Crippen LogP contribution in [0.1, 0.15) is 36.7 Å². The highest BCUT2D eigenvalue weighted by atomic mass is 35.5. The average Bonchev–Trinajstić information content (AvgIpc) is 2.70. The van der Waals surface area contributed by atoms with E-state index in [0.717, 1.165) is 15.9 Å². The first kappa shape index (κ1) is 24.8. The van der Waals surface area contributed by atoms with Gasteiger partial charge in [-0.25, -0.2) is 17.5 Å². The normalized spacial score (nSPS) is 12.0. The topological polar surface area (TPSA) is 84.0 Å². The lowest BCUT2D eigenvalue weighted by Crippen LogP contribution is -2.46. The van der Waals surface area contributed by atoms with Gasteiger partial charge in [0.25, 0.3) is 5.91 Å². The number of ether oxygens (including phenoxy) is 1. The van der Waals surface area contributed by atoms with Crippen LogP contribution in [0.25, 0.3) is 0 Å². The van der Waals surface area contributed by atoms with E-state index in [0.29, 0.717) is 6.54 Å². The van der Waals surface area contributed by atoms with E-state index < -0.39 is 28.1 Å². The highest BCUT2D eigenvalue weighted by Crippen LogP contribution is 2.23. The van der Waals surface area contributed by atoms with Crippen LogP contribution in [0.4, 0.5) is 0 Å². The molecule has 7 nitrogen and oxygen atoms in total. The van der Waals surface area contributed by atoms with Crippen molar-refractivity contribution < 1.29 is 22.7 Å². The Kier molecular flexibility index (Phi) is 7.86. The third kappa shape index (κ3) is 6.29. The standard InChI is InChI=1S/C22H27ClN2O5S/c1-22(2,3)25(14-16-9-7-6-8-10-16)20(26)15-30-21(27)18-13-17(11-12-19(18)23)31(28,29)24(4)5/h6-13H,14-15H2,1-5H3. The summed E-state index contributed by atoms with van der Waals surface area (Å²) in [4.78, 5) is 26.9. The third-order valence-electron chi connectivity index (χ3n) is 4.56. The lowest BCUT2D eigenvalue weighted by atomic mass is 10.0. The third-order valence-corrected chi connectivity index (χ3v) is 6.70. The maximum absolute atomic E-state index is 12.8. The van der Waals surface area contributed by atoms with Gasteiger partial charge in [0.05, 0.1) is 15.5 Å². The molecule has 0 fully saturated rings. The first-order valence-electron chi connectivity index (χ1n) is 9.57. The second-order valence-corrected chi connectivity index (χ2v) is 10.7. The predicted molar refractivity (Wildman–Crippen MR) is 119 cm³/mol. The Morgan fingerprint density at radius 3 is 2.19 bits per heavy atom. The van der Waals surface area contributed by atoms with Crippen molar-refractivity contribution in [3.05, 3.63) is 64.7 Å². The Labute approximate surface area is 188 Å². The summed E-state index contributed by atoms with van der Waals surface area (Å²) in [6.07, 6.45) is 0. The number of rotatable bonds is 7. The zero-order valence-electron chi connectivity index (χ0n) is 18.3. The van der Waals surface area contributed by atoms with Crippen LogP contribution in [-0.2, 0) is 26.1 Å². The molecule has 0 spiro atoms. The van der Waals surface area contributed by atoms with Gasteiger partial charge >= 0.3 is 5.97 Å². The Morgan fingerprint density at radius 2 is 1.65 bits per heavy atom. The number of carbonyl (C=O) groups is 2. The molecule has 1 amide bonds. The van der Waals surface area contributed by atoms with E-state index in [9.17, 15) is 18.0 Å². The van der Waals surface area contributed by atoms with Crippen molar-refractivity contribution in [2.75, 3.05) is 20.7 Å². The largest absolute Gasteiger partial charge is 0.452 e. The number of hydrogen-bond acceptors (Lipinski definition) is 5. The second-order valence-electron chi connectivity index (χ2n) is 8.14. The first-order valence-corrected chi connectivity index (χ1v) is 11.4. The van der Waals surface area contributed by atoms with Crippen LogP contribution < -0.4 is 0 Å². The summed E-state index contributed by atoms with van der Waals surface area (Å²) in [7, 11) is -0.990. The highest BCUT2D eigenvalue weighted by Gasteiger charge is 2.28. The molecule has 2 aromatic rings. The molecule has 0 unspecified atom stereocenters. The second kappa shape index (κ2) is 9.80. The molecule has 31 heavy (non-hydrogen) atoms. The monoisotopic (exact) mass is 466 g/mol. The van der Waals surface area contributed by atoms with Gasteiger partial charge in [0, 0.05) is 26.2 Å². The summed E-state index contributed by atoms with van der Waals surface area (Å²) in [6.45, 7) is 5.54. The fourth-order valence-corrected chi connectivity index (χ4v) is 3.90. The van der Waals surface area contributed by atoms with Gasteiger partial charge in [-0.2, -0.15) is 0 Å². The maximum Gasteiger partial charge on any atom is 0.340 e. The van der Waals surface area contributed by atoms with Gasteiger partial charge in [-0.05, 0) is 44.5 Å². The molecule has 0 aliphatic rings. The molecule has 0 saturated heterocycles. The molecule has 0 atom stereocenters. The molecule has 0 aliphatic heterocycles. The van der Waals surface area contributed by atoms with Crippen molar-refractivity contribution in [2.45, 2.75) is 37.8 Å². The van der Waals surface area contributed by atoms with Gasteiger partial charge in [0.1, 0.15) is 0 Å². The summed E-state index contributed by atoms with van der Waals surface area (Å²) < 4.78 is 30.9. The Hall–Kier alpha value is -2.42. The number of esters is 1. The number of amides is 1. The minimum Gasteiger partial charge on any atom is -0.452 e. The fourth-order valence-electron chi connectivity index (χ4n) is 2.78. The van der Waals surface area contributed by atoms with E-state index in [4.69, 9.17) is 16.3 Å². The molecule has 0 aliphatic carbocycles. The van der Waals surface area contributed by atoms with Crippen LogP contribution in [0.15, 0.2) is 53.4 Å². The van der Waals surface area contributed by atoms with E-state index in [-0.39, 0.29) is 21.4 Å². The van der Waals surface area contributed by atoms with Gasteiger partial charge in [0.15, 0.2) is 6.61 Å². The molecule has 0 N–H and O–H groups in total. The molecule has 0 radical (unpaired) electrons. The number of benzene rings is 2. The summed E-state index contributed by atoms with van der Waals surface area (Å²) in [5.74, 6) is -1.25. The minimum atomic E-state index is -3.76.